The third-order valence-electron chi connectivity index (χ3n) is 4.97. The first-order valence-corrected chi connectivity index (χ1v) is 9.04. The monoisotopic (exact) mass is 316 g/mol. The third-order valence-corrected chi connectivity index (χ3v) is 4.97. The van der Waals surface area contributed by atoms with Crippen molar-refractivity contribution in [3.63, 3.8) is 0 Å². The highest BCUT2D eigenvalue weighted by molar-refractivity contribution is 5.74. The molecular weight excluding hydrogens is 288 g/mol. The number of nitrogens with one attached hydrogen (secondary N) is 1. The van der Waals surface area contributed by atoms with Gasteiger partial charge in [0, 0.05) is 38.4 Å². The van der Waals surface area contributed by atoms with E-state index < -0.39 is 0 Å². The van der Waals surface area contributed by atoms with Gasteiger partial charge in [0.05, 0.1) is 0 Å². The lowest BCUT2D eigenvalue weighted by Crippen LogP contribution is -2.53. The van der Waals surface area contributed by atoms with E-state index in [4.69, 9.17) is 0 Å². The van der Waals surface area contributed by atoms with Gasteiger partial charge >= 0.3 is 6.03 Å². The first-order chi connectivity index (χ1) is 11.3. The average Bonchev–Trinajstić information content (AvgIpc) is 2.58. The molecular formula is C18H28N4O. The van der Waals surface area contributed by atoms with Crippen LogP contribution in [0.5, 0.6) is 0 Å². The predicted octanol–water partition coefficient (Wildman–Crippen LogP) is 3.03. The maximum Gasteiger partial charge on any atom is 0.317 e. The molecule has 0 atom stereocenters. The highest BCUT2D eigenvalue weighted by Gasteiger charge is 2.23. The Bertz CT molecular complexity index is 477. The Morgan fingerprint density at radius 2 is 1.70 bits per heavy atom. The standard InChI is InChI=1S/C18H28N4O/c23-18(20-16-8-4-2-1-3-5-9-16)22-14-12-21(13-15-22)17-10-6-7-11-19-17/h6-7,10-11,16H,1-5,8-9,12-15H2,(H,20,23). The van der Waals surface area contributed by atoms with Gasteiger partial charge in [-0.3, -0.25) is 0 Å². The van der Waals surface area contributed by atoms with Gasteiger partial charge in [0.1, 0.15) is 5.82 Å². The van der Waals surface area contributed by atoms with Gasteiger partial charge in [-0.15, -0.1) is 0 Å². The number of carbonyl (C=O) groups excluding carboxylic acids is 1. The Morgan fingerprint density at radius 1 is 1.00 bits per heavy atom. The molecule has 5 nitrogen and oxygen atoms in total. The van der Waals surface area contributed by atoms with Crippen LogP contribution in [-0.2, 0) is 0 Å². The summed E-state index contributed by atoms with van der Waals surface area (Å²) >= 11 is 0. The molecule has 2 amide bonds. The van der Waals surface area contributed by atoms with Gasteiger partial charge in [-0.2, -0.15) is 0 Å². The molecule has 5 heteroatoms. The number of amides is 2. The summed E-state index contributed by atoms with van der Waals surface area (Å²) in [5.74, 6) is 1.01. The Hall–Kier alpha value is -1.78. The number of rotatable bonds is 2. The molecule has 1 aliphatic carbocycles. The molecule has 2 aliphatic rings. The first kappa shape index (κ1) is 16.1. The minimum Gasteiger partial charge on any atom is -0.353 e. The number of piperazine rings is 1. The summed E-state index contributed by atoms with van der Waals surface area (Å²) in [5.41, 5.74) is 0. The molecule has 0 spiro atoms. The molecule has 1 N–H and O–H groups in total. The number of nitrogens with zero attached hydrogens (tertiary/aromatic N) is 3. The molecule has 1 aromatic rings. The summed E-state index contributed by atoms with van der Waals surface area (Å²) in [6, 6.07) is 6.47. The molecule has 1 saturated carbocycles. The Balaban J connectivity index is 1.46. The van der Waals surface area contributed by atoms with Crippen LogP contribution in [0.1, 0.15) is 44.9 Å². The number of aromatic nitrogens is 1. The second-order valence-corrected chi connectivity index (χ2v) is 6.65. The van der Waals surface area contributed by atoms with Gasteiger partial charge in [0.25, 0.3) is 0 Å². The number of anilines is 1. The van der Waals surface area contributed by atoms with Crippen LogP contribution in [0.3, 0.4) is 0 Å². The van der Waals surface area contributed by atoms with E-state index in [-0.39, 0.29) is 6.03 Å². The van der Waals surface area contributed by atoms with Gasteiger partial charge < -0.3 is 15.1 Å². The van der Waals surface area contributed by atoms with Gasteiger partial charge in [-0.1, -0.05) is 38.2 Å². The highest BCUT2D eigenvalue weighted by atomic mass is 16.2. The molecule has 2 heterocycles. The fourth-order valence-corrected chi connectivity index (χ4v) is 3.55. The maximum absolute atomic E-state index is 12.5. The first-order valence-electron chi connectivity index (χ1n) is 9.04. The van der Waals surface area contributed by atoms with E-state index in [9.17, 15) is 4.79 Å². The molecule has 1 aromatic heterocycles. The van der Waals surface area contributed by atoms with E-state index in [1.165, 1.54) is 32.1 Å². The molecule has 23 heavy (non-hydrogen) atoms. The van der Waals surface area contributed by atoms with Crippen LogP contribution in [-0.4, -0.2) is 48.1 Å². The lowest BCUT2D eigenvalue weighted by molar-refractivity contribution is 0.187. The van der Waals surface area contributed by atoms with Crippen LogP contribution in [0.25, 0.3) is 0 Å². The molecule has 1 aliphatic heterocycles. The number of hydrogen-bond acceptors (Lipinski definition) is 3. The predicted molar refractivity (Wildman–Crippen MR) is 92.7 cm³/mol. The maximum atomic E-state index is 12.5. The molecule has 0 aromatic carbocycles. The topological polar surface area (TPSA) is 48.5 Å². The molecule has 3 rings (SSSR count). The van der Waals surface area contributed by atoms with Crippen LogP contribution in [0.15, 0.2) is 24.4 Å². The van der Waals surface area contributed by atoms with Crippen molar-refractivity contribution in [3.8, 4) is 0 Å². The summed E-state index contributed by atoms with van der Waals surface area (Å²) in [6.07, 6.45) is 10.6. The van der Waals surface area contributed by atoms with Crippen molar-refractivity contribution in [1.82, 2.24) is 15.2 Å². The Morgan fingerprint density at radius 3 is 2.35 bits per heavy atom. The van der Waals surface area contributed by atoms with Crippen molar-refractivity contribution in [1.29, 1.82) is 0 Å². The largest absolute Gasteiger partial charge is 0.353 e. The molecule has 1 saturated heterocycles. The normalized spacial score (nSPS) is 20.7. The second-order valence-electron chi connectivity index (χ2n) is 6.65. The molecule has 0 radical (unpaired) electrons. The molecule has 0 unspecified atom stereocenters. The number of hydrogen-bond donors (Lipinski definition) is 1. The lowest BCUT2D eigenvalue weighted by atomic mass is 9.97. The Kier molecular flexibility index (Phi) is 5.72. The van der Waals surface area contributed by atoms with Gasteiger partial charge in [-0.05, 0) is 25.0 Å². The number of urea groups is 1. The zero-order valence-corrected chi connectivity index (χ0v) is 13.9. The van der Waals surface area contributed by atoms with Crippen molar-refractivity contribution < 1.29 is 4.79 Å². The summed E-state index contributed by atoms with van der Waals surface area (Å²) in [6.45, 7) is 3.26. The van der Waals surface area contributed by atoms with E-state index in [1.807, 2.05) is 29.3 Å². The second kappa shape index (κ2) is 8.18. The van der Waals surface area contributed by atoms with Crippen molar-refractivity contribution in [2.24, 2.45) is 0 Å². The van der Waals surface area contributed by atoms with E-state index >= 15 is 0 Å². The summed E-state index contributed by atoms with van der Waals surface area (Å²) in [7, 11) is 0. The molecule has 0 bridgehead atoms. The molecule has 126 valence electrons. The van der Waals surface area contributed by atoms with E-state index in [0.717, 1.165) is 44.8 Å². The van der Waals surface area contributed by atoms with Crippen molar-refractivity contribution in [2.75, 3.05) is 31.1 Å². The summed E-state index contributed by atoms with van der Waals surface area (Å²) in [4.78, 5) is 21.1. The lowest BCUT2D eigenvalue weighted by Gasteiger charge is -2.36. The summed E-state index contributed by atoms with van der Waals surface area (Å²) in [5, 5.41) is 3.26. The van der Waals surface area contributed by atoms with Gasteiger partial charge in [0.2, 0.25) is 0 Å². The van der Waals surface area contributed by atoms with E-state index in [0.29, 0.717) is 6.04 Å². The number of pyridine rings is 1. The van der Waals surface area contributed by atoms with Crippen molar-refractivity contribution >= 4 is 11.8 Å². The van der Waals surface area contributed by atoms with Gasteiger partial charge in [0.15, 0.2) is 0 Å². The zero-order valence-electron chi connectivity index (χ0n) is 13.9. The average molecular weight is 316 g/mol. The van der Waals surface area contributed by atoms with Gasteiger partial charge in [-0.25, -0.2) is 9.78 Å². The van der Waals surface area contributed by atoms with E-state index in [1.54, 1.807) is 0 Å². The zero-order chi connectivity index (χ0) is 15.9. The van der Waals surface area contributed by atoms with Crippen LogP contribution in [0.2, 0.25) is 0 Å². The Labute approximate surface area is 139 Å². The number of carbonyl (C=O) groups is 1. The van der Waals surface area contributed by atoms with Crippen molar-refractivity contribution in [3.05, 3.63) is 24.4 Å². The minimum absolute atomic E-state index is 0.122. The minimum atomic E-state index is 0.122. The van der Waals surface area contributed by atoms with Crippen molar-refractivity contribution in [2.45, 2.75) is 51.0 Å². The third kappa shape index (κ3) is 4.60. The van der Waals surface area contributed by atoms with Crippen LogP contribution >= 0.6 is 0 Å². The van der Waals surface area contributed by atoms with Crippen LogP contribution in [0, 0.1) is 0 Å². The smallest absolute Gasteiger partial charge is 0.317 e. The van der Waals surface area contributed by atoms with Crippen LogP contribution < -0.4 is 10.2 Å². The summed E-state index contributed by atoms with van der Waals surface area (Å²) < 4.78 is 0. The fraction of sp³-hybridized carbons (Fsp3) is 0.667. The fourth-order valence-electron chi connectivity index (χ4n) is 3.55. The quantitative estimate of drug-likeness (QED) is 0.912. The molecule has 2 fully saturated rings. The van der Waals surface area contributed by atoms with E-state index in [2.05, 4.69) is 15.2 Å². The van der Waals surface area contributed by atoms with Crippen LogP contribution in [0.4, 0.5) is 10.6 Å². The SMILES string of the molecule is O=C(NC1CCCCCCC1)N1CCN(c2ccccn2)CC1. The highest BCUT2D eigenvalue weighted by Crippen LogP contribution is 2.18.